The van der Waals surface area contributed by atoms with Crippen LogP contribution >= 0.6 is 0 Å². The molecule has 1 saturated heterocycles. The first-order valence-corrected chi connectivity index (χ1v) is 12.7. The van der Waals surface area contributed by atoms with Gasteiger partial charge in [-0.15, -0.1) is 0 Å². The molecule has 208 valence electrons. The van der Waals surface area contributed by atoms with Gasteiger partial charge in [0.25, 0.3) is 5.91 Å². The number of likely N-dealkylation sites (tertiary alicyclic amines) is 1. The number of amides is 2. The summed E-state index contributed by atoms with van der Waals surface area (Å²) in [7, 11) is 0. The first-order valence-electron chi connectivity index (χ1n) is 12.7. The van der Waals surface area contributed by atoms with Gasteiger partial charge in [0, 0.05) is 11.6 Å². The van der Waals surface area contributed by atoms with Gasteiger partial charge in [-0.25, -0.2) is 13.9 Å². The van der Waals surface area contributed by atoms with E-state index in [1.807, 2.05) is 0 Å². The monoisotopic (exact) mass is 549 g/mol. The minimum atomic E-state index is -1.03. The lowest BCUT2D eigenvalue weighted by atomic mass is 9.84. The number of nitriles is 1. The summed E-state index contributed by atoms with van der Waals surface area (Å²) < 4.78 is 34.2. The van der Waals surface area contributed by atoms with Crippen LogP contribution in [0, 0.1) is 35.3 Å². The van der Waals surface area contributed by atoms with Gasteiger partial charge in [-0.3, -0.25) is 14.4 Å². The maximum atomic E-state index is 14.8. The predicted octanol–water partition coefficient (Wildman–Crippen LogP) is 4.55. The second kappa shape index (κ2) is 11.3. The third-order valence-electron chi connectivity index (χ3n) is 7.02. The minimum absolute atomic E-state index is 0.0682. The molecule has 11 heteroatoms. The summed E-state index contributed by atoms with van der Waals surface area (Å²) in [6.45, 7) is 6.61. The number of halogens is 2. The molecule has 0 spiro atoms. The Morgan fingerprint density at radius 2 is 1.93 bits per heavy atom. The van der Waals surface area contributed by atoms with E-state index >= 15 is 0 Å². The van der Waals surface area contributed by atoms with Gasteiger partial charge < -0.3 is 15.0 Å². The lowest BCUT2D eigenvalue weighted by Crippen LogP contribution is -2.52. The minimum Gasteiger partial charge on any atom is -0.448 e. The van der Waals surface area contributed by atoms with Crippen molar-refractivity contribution in [2.75, 3.05) is 0 Å². The molecule has 3 aromatic rings. The Kier molecular flexibility index (Phi) is 8.00. The number of ether oxygens (including phenoxy) is 1. The van der Waals surface area contributed by atoms with E-state index in [0.717, 1.165) is 6.07 Å². The van der Waals surface area contributed by atoms with Gasteiger partial charge in [0.05, 0.1) is 29.3 Å². The average molecular weight is 550 g/mol. The molecule has 0 saturated carbocycles. The van der Waals surface area contributed by atoms with Crippen molar-refractivity contribution in [2.45, 2.75) is 58.7 Å². The molecular formula is C29H29F2N5O4. The van der Waals surface area contributed by atoms with E-state index in [0.29, 0.717) is 24.1 Å². The zero-order chi connectivity index (χ0) is 29.2. The number of nitrogens with one attached hydrogen (secondary N) is 2. The summed E-state index contributed by atoms with van der Waals surface area (Å²) in [5.41, 5.74) is -0.543. The van der Waals surface area contributed by atoms with E-state index in [2.05, 4.69) is 21.6 Å². The molecule has 2 N–H and O–H groups in total. The maximum Gasteiger partial charge on any atom is 0.307 e. The molecule has 1 fully saturated rings. The second-order valence-corrected chi connectivity index (χ2v) is 10.4. The average Bonchev–Trinajstić information content (AvgIpc) is 3.37. The first kappa shape index (κ1) is 28.4. The zero-order valence-electron chi connectivity index (χ0n) is 22.5. The molecule has 1 aliphatic heterocycles. The van der Waals surface area contributed by atoms with Crippen LogP contribution in [0.4, 0.5) is 8.78 Å². The topological polar surface area (TPSA) is 128 Å². The Morgan fingerprint density at radius 3 is 2.60 bits per heavy atom. The van der Waals surface area contributed by atoms with E-state index in [1.165, 1.54) is 37.3 Å². The Morgan fingerprint density at radius 1 is 1.18 bits per heavy atom. The quantitative estimate of drug-likeness (QED) is 0.445. The lowest BCUT2D eigenvalue weighted by Gasteiger charge is -2.38. The molecule has 1 aromatic heterocycles. The largest absolute Gasteiger partial charge is 0.448 e. The smallest absolute Gasteiger partial charge is 0.307 e. The van der Waals surface area contributed by atoms with E-state index < -0.39 is 52.5 Å². The van der Waals surface area contributed by atoms with Crippen molar-refractivity contribution in [3.05, 3.63) is 87.3 Å². The normalized spacial score (nSPS) is 17.7. The van der Waals surface area contributed by atoms with Gasteiger partial charge in [-0.1, -0.05) is 12.1 Å². The van der Waals surface area contributed by atoms with Crippen LogP contribution < -0.4 is 15.6 Å². The van der Waals surface area contributed by atoms with Crippen LogP contribution in [-0.4, -0.2) is 39.0 Å². The standard InChI is InChI=1S/C29H29F2N5O4/c1-16-12-24(27(38)35-34-16)40-23-10-8-19(14-21(23)31)26(37)33-17(2)28(39)36-22(18-6-5-7-20(30)13-18)9-11-25(36)29(3,4)15-32/h5-8,10,12-14,17,22,25H,9,11H2,1-4H3,(H,33,37)(H,35,38)/t17?,22-,25+/m0/s1. The van der Waals surface area contributed by atoms with E-state index in [1.54, 1.807) is 37.8 Å². The molecule has 2 aromatic carbocycles. The van der Waals surface area contributed by atoms with Crippen molar-refractivity contribution in [3.8, 4) is 17.6 Å². The number of benzene rings is 2. The molecule has 2 amide bonds. The van der Waals surface area contributed by atoms with Crippen molar-refractivity contribution in [1.82, 2.24) is 20.4 Å². The number of aromatic nitrogens is 2. The Labute approximate surface area is 229 Å². The fourth-order valence-electron chi connectivity index (χ4n) is 4.91. The van der Waals surface area contributed by atoms with Gasteiger partial charge in [-0.2, -0.15) is 10.4 Å². The van der Waals surface area contributed by atoms with Crippen LogP contribution in [0.2, 0.25) is 0 Å². The van der Waals surface area contributed by atoms with Crippen molar-refractivity contribution >= 4 is 11.8 Å². The molecule has 9 nitrogen and oxygen atoms in total. The van der Waals surface area contributed by atoms with Crippen molar-refractivity contribution in [1.29, 1.82) is 5.26 Å². The number of carbonyl (C=O) groups excluding carboxylic acids is 2. The second-order valence-electron chi connectivity index (χ2n) is 10.4. The van der Waals surface area contributed by atoms with Crippen LogP contribution in [0.1, 0.15) is 61.3 Å². The number of H-pyrrole nitrogens is 1. The first-order chi connectivity index (χ1) is 18.9. The van der Waals surface area contributed by atoms with Crippen LogP contribution in [0.25, 0.3) is 0 Å². The van der Waals surface area contributed by atoms with Crippen LogP contribution in [0.5, 0.6) is 11.5 Å². The van der Waals surface area contributed by atoms with Gasteiger partial charge in [0.1, 0.15) is 11.9 Å². The summed E-state index contributed by atoms with van der Waals surface area (Å²) in [6, 6.07) is 11.1. The Bertz CT molecular complexity index is 1550. The highest BCUT2D eigenvalue weighted by atomic mass is 19.1. The van der Waals surface area contributed by atoms with E-state index in [4.69, 9.17) is 4.74 Å². The third kappa shape index (κ3) is 5.86. The summed E-state index contributed by atoms with van der Waals surface area (Å²) in [6.07, 6.45) is 1.05. The molecule has 0 aliphatic carbocycles. The van der Waals surface area contributed by atoms with Crippen LogP contribution in [0.3, 0.4) is 0 Å². The molecular weight excluding hydrogens is 520 g/mol. The molecule has 4 rings (SSSR count). The zero-order valence-corrected chi connectivity index (χ0v) is 22.5. The molecule has 1 unspecified atom stereocenters. The molecule has 0 radical (unpaired) electrons. The molecule has 0 bridgehead atoms. The molecule has 1 aliphatic rings. The van der Waals surface area contributed by atoms with E-state index in [9.17, 15) is 28.4 Å². The SMILES string of the molecule is Cc1cc(Oc2ccc(C(=O)NC(C)C(=O)N3[C@H](c4cccc(F)c4)CC[C@@H]3C(C)(C)C#N)cc2F)c(=O)[nH]n1. The van der Waals surface area contributed by atoms with Gasteiger partial charge in [-0.05, 0) is 76.4 Å². The van der Waals surface area contributed by atoms with Gasteiger partial charge in [0.15, 0.2) is 17.3 Å². The van der Waals surface area contributed by atoms with Crippen molar-refractivity contribution in [3.63, 3.8) is 0 Å². The highest BCUT2D eigenvalue weighted by Gasteiger charge is 2.46. The van der Waals surface area contributed by atoms with Gasteiger partial charge >= 0.3 is 5.56 Å². The van der Waals surface area contributed by atoms with E-state index in [-0.39, 0.29) is 17.1 Å². The summed E-state index contributed by atoms with van der Waals surface area (Å²) in [5.74, 6) is -2.90. The molecule has 3 atom stereocenters. The van der Waals surface area contributed by atoms with Crippen LogP contribution in [0.15, 0.2) is 53.3 Å². The Balaban J connectivity index is 1.53. The number of hydrogen-bond donors (Lipinski definition) is 2. The highest BCUT2D eigenvalue weighted by Crippen LogP contribution is 2.43. The molecule has 40 heavy (non-hydrogen) atoms. The molecule has 2 heterocycles. The highest BCUT2D eigenvalue weighted by molar-refractivity contribution is 5.97. The van der Waals surface area contributed by atoms with Crippen molar-refractivity contribution < 1.29 is 23.1 Å². The fourth-order valence-corrected chi connectivity index (χ4v) is 4.91. The number of aryl methyl sites for hydroxylation is 1. The Hall–Kier alpha value is -4.59. The third-order valence-corrected chi connectivity index (χ3v) is 7.02. The number of hydrogen-bond acceptors (Lipinski definition) is 6. The number of nitrogens with zero attached hydrogens (tertiary/aromatic N) is 3. The lowest BCUT2D eigenvalue weighted by molar-refractivity contribution is -0.137. The number of aromatic amines is 1. The van der Waals surface area contributed by atoms with Crippen LogP contribution in [-0.2, 0) is 4.79 Å². The van der Waals surface area contributed by atoms with Gasteiger partial charge in [0.2, 0.25) is 5.91 Å². The predicted molar refractivity (Wildman–Crippen MR) is 141 cm³/mol. The fraction of sp³-hybridized carbons (Fsp3) is 0.345. The summed E-state index contributed by atoms with van der Waals surface area (Å²) >= 11 is 0. The summed E-state index contributed by atoms with van der Waals surface area (Å²) in [4.78, 5) is 40.1. The van der Waals surface area contributed by atoms with Crippen molar-refractivity contribution in [2.24, 2.45) is 5.41 Å². The number of rotatable bonds is 7. The number of carbonyl (C=O) groups is 2. The summed E-state index contributed by atoms with van der Waals surface area (Å²) in [5, 5.41) is 18.3. The maximum absolute atomic E-state index is 14.8.